The minimum absolute atomic E-state index is 0.475. The van der Waals surface area contributed by atoms with Crippen molar-refractivity contribution >= 4 is 17.8 Å². The van der Waals surface area contributed by atoms with Gasteiger partial charge in [0.15, 0.2) is 0 Å². The number of carbonyl (C=O) groups is 3. The molecule has 1 unspecified atom stereocenters. The molecule has 0 aromatic rings. The number of rotatable bonds is 5. The first kappa shape index (κ1) is 12.7. The zero-order valence-electron chi connectivity index (χ0n) is 9.71. The van der Waals surface area contributed by atoms with E-state index in [1.165, 1.54) is 0 Å². The summed E-state index contributed by atoms with van der Waals surface area (Å²) in [6.45, 7) is 4.21. The van der Waals surface area contributed by atoms with Crippen molar-refractivity contribution in [2.45, 2.75) is 39.5 Å². The molecule has 0 spiro atoms. The van der Waals surface area contributed by atoms with E-state index in [9.17, 15) is 14.4 Å². The fourth-order valence-corrected chi connectivity index (χ4v) is 1.90. The van der Waals surface area contributed by atoms with Crippen LogP contribution in [0.15, 0.2) is 0 Å². The third-order valence-electron chi connectivity index (χ3n) is 2.84. The number of carbonyl (C=O) groups excluding carboxylic acids is 3. The van der Waals surface area contributed by atoms with E-state index < -0.39 is 23.8 Å². The van der Waals surface area contributed by atoms with E-state index >= 15 is 0 Å². The summed E-state index contributed by atoms with van der Waals surface area (Å²) in [6.07, 6.45) is 3.53. The van der Waals surface area contributed by atoms with Gasteiger partial charge in [0.25, 0.3) is 0 Å². The second-order valence-corrected chi connectivity index (χ2v) is 4.33. The molecular formula is C11H18N2O3. The highest BCUT2D eigenvalue weighted by Gasteiger charge is 2.33. The summed E-state index contributed by atoms with van der Waals surface area (Å²) in [6, 6.07) is -0.715. The molecule has 16 heavy (non-hydrogen) atoms. The van der Waals surface area contributed by atoms with Crippen LogP contribution in [-0.2, 0) is 9.59 Å². The molecule has 1 rings (SSSR count). The average molecular weight is 226 g/mol. The molecular weight excluding hydrogens is 208 g/mol. The Morgan fingerprint density at radius 3 is 2.19 bits per heavy atom. The minimum atomic E-state index is -0.715. The SMILES string of the molecule is CCCC(C)CCC1C(=O)NC(=O)NC1=O. The second-order valence-electron chi connectivity index (χ2n) is 4.33. The Hall–Kier alpha value is -1.39. The first-order chi connectivity index (χ1) is 7.54. The molecule has 2 N–H and O–H groups in total. The molecule has 0 radical (unpaired) electrons. The molecule has 90 valence electrons. The quantitative estimate of drug-likeness (QED) is 0.691. The van der Waals surface area contributed by atoms with Gasteiger partial charge in [-0.2, -0.15) is 0 Å². The number of hydrogen-bond donors (Lipinski definition) is 2. The van der Waals surface area contributed by atoms with Crippen molar-refractivity contribution in [3.63, 3.8) is 0 Å². The molecule has 1 heterocycles. The van der Waals surface area contributed by atoms with Crippen LogP contribution < -0.4 is 10.6 Å². The third-order valence-corrected chi connectivity index (χ3v) is 2.84. The van der Waals surface area contributed by atoms with E-state index in [4.69, 9.17) is 0 Å². The standard InChI is InChI=1S/C11H18N2O3/c1-3-4-7(2)5-6-8-9(14)12-11(16)13-10(8)15/h7-8H,3-6H2,1-2H3,(H2,12,13,14,15,16). The Kier molecular flexibility index (Phi) is 4.46. The average Bonchev–Trinajstić information content (AvgIpc) is 2.16. The molecule has 5 nitrogen and oxygen atoms in total. The maximum atomic E-state index is 11.4. The molecule has 0 bridgehead atoms. The Morgan fingerprint density at radius 2 is 1.69 bits per heavy atom. The van der Waals surface area contributed by atoms with Crippen molar-refractivity contribution < 1.29 is 14.4 Å². The Labute approximate surface area is 95.0 Å². The van der Waals surface area contributed by atoms with E-state index in [0.29, 0.717) is 12.3 Å². The summed E-state index contributed by atoms with van der Waals surface area (Å²) in [5.74, 6) is -1.16. The van der Waals surface area contributed by atoms with E-state index in [-0.39, 0.29) is 0 Å². The minimum Gasteiger partial charge on any atom is -0.277 e. The smallest absolute Gasteiger partial charge is 0.277 e. The zero-order chi connectivity index (χ0) is 12.1. The van der Waals surface area contributed by atoms with Crippen molar-refractivity contribution in [1.82, 2.24) is 10.6 Å². The highest BCUT2D eigenvalue weighted by molar-refractivity contribution is 6.16. The molecule has 1 atom stereocenters. The van der Waals surface area contributed by atoms with Gasteiger partial charge in [-0.15, -0.1) is 0 Å². The lowest BCUT2D eigenvalue weighted by atomic mass is 9.92. The summed E-state index contributed by atoms with van der Waals surface area (Å²) >= 11 is 0. The summed E-state index contributed by atoms with van der Waals surface area (Å²) in [5.41, 5.74) is 0. The summed E-state index contributed by atoms with van der Waals surface area (Å²) < 4.78 is 0. The molecule has 0 saturated carbocycles. The van der Waals surface area contributed by atoms with Gasteiger partial charge in [-0.1, -0.05) is 26.7 Å². The van der Waals surface area contributed by atoms with Gasteiger partial charge >= 0.3 is 6.03 Å². The molecule has 4 amide bonds. The third kappa shape index (κ3) is 3.32. The van der Waals surface area contributed by atoms with Crippen molar-refractivity contribution in [2.75, 3.05) is 0 Å². The first-order valence-corrected chi connectivity index (χ1v) is 5.70. The highest BCUT2D eigenvalue weighted by Crippen LogP contribution is 2.18. The maximum absolute atomic E-state index is 11.4. The number of nitrogens with one attached hydrogen (secondary N) is 2. The van der Waals surface area contributed by atoms with Gasteiger partial charge < -0.3 is 0 Å². The molecule has 0 aromatic carbocycles. The number of hydrogen-bond acceptors (Lipinski definition) is 3. The van der Waals surface area contributed by atoms with Crippen LogP contribution in [-0.4, -0.2) is 17.8 Å². The molecule has 1 aliphatic heterocycles. The van der Waals surface area contributed by atoms with E-state index in [0.717, 1.165) is 19.3 Å². The Balaban J connectivity index is 2.44. The second kappa shape index (κ2) is 5.63. The van der Waals surface area contributed by atoms with Crippen LogP contribution in [0.1, 0.15) is 39.5 Å². The van der Waals surface area contributed by atoms with E-state index in [1.807, 2.05) is 0 Å². The fraction of sp³-hybridized carbons (Fsp3) is 0.727. The lowest BCUT2D eigenvalue weighted by molar-refractivity contribution is -0.136. The Morgan fingerprint density at radius 1 is 1.12 bits per heavy atom. The lowest BCUT2D eigenvalue weighted by Gasteiger charge is -2.21. The largest absolute Gasteiger partial charge is 0.328 e. The van der Waals surface area contributed by atoms with Gasteiger partial charge in [0, 0.05) is 0 Å². The number of amides is 4. The maximum Gasteiger partial charge on any atom is 0.328 e. The van der Waals surface area contributed by atoms with Crippen LogP contribution in [0, 0.1) is 11.8 Å². The van der Waals surface area contributed by atoms with Crippen molar-refractivity contribution in [2.24, 2.45) is 11.8 Å². The first-order valence-electron chi connectivity index (χ1n) is 5.70. The van der Waals surface area contributed by atoms with Crippen LogP contribution in [0.25, 0.3) is 0 Å². The molecule has 1 fully saturated rings. The van der Waals surface area contributed by atoms with Crippen molar-refractivity contribution in [3.8, 4) is 0 Å². The number of barbiturate groups is 1. The Bertz CT molecular complexity index is 282. The molecule has 1 aliphatic rings. The predicted molar refractivity (Wildman–Crippen MR) is 58.5 cm³/mol. The zero-order valence-corrected chi connectivity index (χ0v) is 9.71. The van der Waals surface area contributed by atoms with Crippen molar-refractivity contribution in [1.29, 1.82) is 0 Å². The summed E-state index contributed by atoms with van der Waals surface area (Å²) in [7, 11) is 0. The fourth-order valence-electron chi connectivity index (χ4n) is 1.90. The molecule has 5 heteroatoms. The van der Waals surface area contributed by atoms with Gasteiger partial charge in [0.1, 0.15) is 5.92 Å². The lowest BCUT2D eigenvalue weighted by Crippen LogP contribution is -2.55. The number of imide groups is 2. The van der Waals surface area contributed by atoms with Gasteiger partial charge in [0.2, 0.25) is 11.8 Å². The molecule has 1 saturated heterocycles. The van der Waals surface area contributed by atoms with Gasteiger partial charge in [-0.05, 0) is 18.8 Å². The van der Waals surface area contributed by atoms with Crippen LogP contribution >= 0.6 is 0 Å². The summed E-state index contributed by atoms with van der Waals surface area (Å²) in [5, 5.41) is 4.21. The van der Waals surface area contributed by atoms with Gasteiger partial charge in [-0.25, -0.2) is 4.79 Å². The van der Waals surface area contributed by atoms with Crippen molar-refractivity contribution in [3.05, 3.63) is 0 Å². The van der Waals surface area contributed by atoms with E-state index in [2.05, 4.69) is 24.5 Å². The summed E-state index contributed by atoms with van der Waals surface area (Å²) in [4.78, 5) is 33.6. The predicted octanol–water partition coefficient (Wildman–Crippen LogP) is 1.18. The van der Waals surface area contributed by atoms with E-state index in [1.54, 1.807) is 0 Å². The van der Waals surface area contributed by atoms with Crippen LogP contribution in [0.3, 0.4) is 0 Å². The monoisotopic (exact) mass is 226 g/mol. The highest BCUT2D eigenvalue weighted by atomic mass is 16.2. The molecule has 0 aromatic heterocycles. The van der Waals surface area contributed by atoms with Gasteiger partial charge in [0.05, 0.1) is 0 Å². The van der Waals surface area contributed by atoms with Gasteiger partial charge in [-0.3, -0.25) is 20.2 Å². The number of urea groups is 1. The van der Waals surface area contributed by atoms with Crippen LogP contribution in [0.2, 0.25) is 0 Å². The topological polar surface area (TPSA) is 75.3 Å². The van der Waals surface area contributed by atoms with Crippen LogP contribution in [0.5, 0.6) is 0 Å². The van der Waals surface area contributed by atoms with Crippen LogP contribution in [0.4, 0.5) is 4.79 Å². The molecule has 0 aliphatic carbocycles. The normalized spacial score (nSPS) is 19.2.